The Bertz CT molecular complexity index is 503. The van der Waals surface area contributed by atoms with E-state index in [0.717, 1.165) is 23.8 Å². The van der Waals surface area contributed by atoms with E-state index in [1.54, 1.807) is 0 Å². The lowest BCUT2D eigenvalue weighted by atomic mass is 10.1. The SMILES string of the molecule is CCNC(=NCc1cccc(NC(C)=O)c1)NC(C)(C)C. The fraction of sp³-hybridized carbons (Fsp3) is 0.500. The van der Waals surface area contributed by atoms with Crippen molar-refractivity contribution in [3.63, 3.8) is 0 Å². The monoisotopic (exact) mass is 290 g/mol. The summed E-state index contributed by atoms with van der Waals surface area (Å²) in [6, 6.07) is 7.72. The predicted octanol–water partition coefficient (Wildman–Crippen LogP) is 2.50. The zero-order valence-corrected chi connectivity index (χ0v) is 13.6. The van der Waals surface area contributed by atoms with E-state index in [-0.39, 0.29) is 11.4 Å². The van der Waals surface area contributed by atoms with E-state index < -0.39 is 0 Å². The third-order valence-electron chi connectivity index (χ3n) is 2.50. The van der Waals surface area contributed by atoms with Gasteiger partial charge in [-0.25, -0.2) is 4.99 Å². The first-order valence-corrected chi connectivity index (χ1v) is 7.23. The third-order valence-corrected chi connectivity index (χ3v) is 2.50. The van der Waals surface area contributed by atoms with E-state index in [0.29, 0.717) is 6.54 Å². The molecule has 1 aromatic carbocycles. The maximum absolute atomic E-state index is 11.1. The molecule has 0 radical (unpaired) electrons. The highest BCUT2D eigenvalue weighted by Gasteiger charge is 2.11. The van der Waals surface area contributed by atoms with E-state index in [4.69, 9.17) is 0 Å². The van der Waals surface area contributed by atoms with E-state index in [9.17, 15) is 4.79 Å². The van der Waals surface area contributed by atoms with Crippen LogP contribution in [0.25, 0.3) is 0 Å². The molecule has 0 aliphatic heterocycles. The summed E-state index contributed by atoms with van der Waals surface area (Å²) < 4.78 is 0. The molecule has 5 heteroatoms. The molecule has 0 aliphatic carbocycles. The highest BCUT2D eigenvalue weighted by atomic mass is 16.1. The molecule has 0 heterocycles. The number of carbonyl (C=O) groups excluding carboxylic acids is 1. The first-order valence-electron chi connectivity index (χ1n) is 7.23. The van der Waals surface area contributed by atoms with Crippen molar-refractivity contribution in [1.29, 1.82) is 0 Å². The topological polar surface area (TPSA) is 65.5 Å². The molecule has 0 aliphatic rings. The molecule has 0 unspecified atom stereocenters. The second-order valence-corrected chi connectivity index (χ2v) is 5.95. The summed E-state index contributed by atoms with van der Waals surface area (Å²) in [5.41, 5.74) is 1.80. The van der Waals surface area contributed by atoms with Gasteiger partial charge in [-0.2, -0.15) is 0 Å². The summed E-state index contributed by atoms with van der Waals surface area (Å²) >= 11 is 0. The van der Waals surface area contributed by atoms with Crippen LogP contribution in [-0.2, 0) is 11.3 Å². The second-order valence-electron chi connectivity index (χ2n) is 5.95. The van der Waals surface area contributed by atoms with Crippen LogP contribution in [-0.4, -0.2) is 24.0 Å². The number of hydrogen-bond acceptors (Lipinski definition) is 2. The lowest BCUT2D eigenvalue weighted by Crippen LogP contribution is -2.47. The van der Waals surface area contributed by atoms with Crippen molar-refractivity contribution in [2.45, 2.75) is 46.7 Å². The van der Waals surface area contributed by atoms with Gasteiger partial charge in [0.1, 0.15) is 0 Å². The summed E-state index contributed by atoms with van der Waals surface area (Å²) in [6.07, 6.45) is 0. The van der Waals surface area contributed by atoms with Crippen LogP contribution in [0.1, 0.15) is 40.2 Å². The number of rotatable bonds is 4. The van der Waals surface area contributed by atoms with Crippen LogP contribution in [0.15, 0.2) is 29.3 Å². The molecule has 1 aromatic rings. The minimum Gasteiger partial charge on any atom is -0.357 e. The van der Waals surface area contributed by atoms with E-state index in [2.05, 4.69) is 41.7 Å². The molecule has 21 heavy (non-hydrogen) atoms. The zero-order valence-electron chi connectivity index (χ0n) is 13.6. The van der Waals surface area contributed by atoms with E-state index in [1.165, 1.54) is 6.92 Å². The Hall–Kier alpha value is -2.04. The summed E-state index contributed by atoms with van der Waals surface area (Å²) in [4.78, 5) is 15.6. The van der Waals surface area contributed by atoms with E-state index in [1.807, 2.05) is 31.2 Å². The van der Waals surface area contributed by atoms with Gasteiger partial charge in [-0.1, -0.05) is 12.1 Å². The minimum absolute atomic E-state index is 0.0426. The van der Waals surface area contributed by atoms with Crippen LogP contribution in [0.4, 0.5) is 5.69 Å². The fourth-order valence-corrected chi connectivity index (χ4v) is 1.78. The van der Waals surface area contributed by atoms with Crippen molar-refractivity contribution >= 4 is 17.6 Å². The molecule has 0 bridgehead atoms. The average Bonchev–Trinajstić information content (AvgIpc) is 2.34. The predicted molar refractivity (Wildman–Crippen MR) is 88.5 cm³/mol. The molecule has 116 valence electrons. The van der Waals surface area contributed by atoms with Crippen LogP contribution in [0.3, 0.4) is 0 Å². The Balaban J connectivity index is 2.77. The smallest absolute Gasteiger partial charge is 0.221 e. The van der Waals surface area contributed by atoms with Gasteiger partial charge in [0.15, 0.2) is 5.96 Å². The van der Waals surface area contributed by atoms with Gasteiger partial charge >= 0.3 is 0 Å². The molecule has 0 spiro atoms. The summed E-state index contributed by atoms with van der Waals surface area (Å²) in [5.74, 6) is 0.716. The zero-order chi connectivity index (χ0) is 15.9. The van der Waals surface area contributed by atoms with Crippen molar-refractivity contribution in [2.75, 3.05) is 11.9 Å². The van der Waals surface area contributed by atoms with Crippen molar-refractivity contribution in [3.8, 4) is 0 Å². The van der Waals surface area contributed by atoms with Gasteiger partial charge in [0.25, 0.3) is 0 Å². The van der Waals surface area contributed by atoms with Crippen molar-refractivity contribution in [1.82, 2.24) is 10.6 Å². The highest BCUT2D eigenvalue weighted by Crippen LogP contribution is 2.11. The van der Waals surface area contributed by atoms with Crippen LogP contribution in [0, 0.1) is 0 Å². The van der Waals surface area contributed by atoms with Gasteiger partial charge < -0.3 is 16.0 Å². The maximum Gasteiger partial charge on any atom is 0.221 e. The first-order chi connectivity index (χ1) is 9.80. The lowest BCUT2D eigenvalue weighted by molar-refractivity contribution is -0.114. The van der Waals surface area contributed by atoms with E-state index >= 15 is 0 Å². The van der Waals surface area contributed by atoms with Gasteiger partial charge in [-0.3, -0.25) is 4.79 Å². The van der Waals surface area contributed by atoms with Crippen LogP contribution in [0.2, 0.25) is 0 Å². The largest absolute Gasteiger partial charge is 0.357 e. The molecule has 0 saturated carbocycles. The molecule has 5 nitrogen and oxygen atoms in total. The number of aliphatic imine (C=N–C) groups is 1. The number of anilines is 1. The Morgan fingerprint density at radius 3 is 2.57 bits per heavy atom. The van der Waals surface area contributed by atoms with Gasteiger partial charge in [0.05, 0.1) is 6.54 Å². The van der Waals surface area contributed by atoms with Crippen LogP contribution < -0.4 is 16.0 Å². The van der Waals surface area contributed by atoms with Crippen molar-refractivity contribution in [2.24, 2.45) is 4.99 Å². The minimum atomic E-state index is -0.0709. The molecule has 3 N–H and O–H groups in total. The quantitative estimate of drug-likeness (QED) is 0.589. The molecular weight excluding hydrogens is 264 g/mol. The maximum atomic E-state index is 11.1. The summed E-state index contributed by atoms with van der Waals surface area (Å²) in [6.45, 7) is 11.2. The Labute approximate surface area is 127 Å². The number of amides is 1. The number of nitrogens with zero attached hydrogens (tertiary/aromatic N) is 1. The molecule has 0 fully saturated rings. The molecule has 0 aromatic heterocycles. The van der Waals surface area contributed by atoms with Crippen LogP contribution in [0.5, 0.6) is 0 Å². The lowest BCUT2D eigenvalue weighted by Gasteiger charge is -2.23. The Kier molecular flexibility index (Phi) is 6.21. The molecule has 1 amide bonds. The van der Waals surface area contributed by atoms with Gasteiger partial charge in [-0.05, 0) is 45.4 Å². The Morgan fingerprint density at radius 1 is 1.29 bits per heavy atom. The number of nitrogens with one attached hydrogen (secondary N) is 3. The van der Waals surface area contributed by atoms with Gasteiger partial charge in [-0.15, -0.1) is 0 Å². The highest BCUT2D eigenvalue weighted by molar-refractivity contribution is 5.88. The summed E-state index contributed by atoms with van der Waals surface area (Å²) in [7, 11) is 0. The normalized spacial score (nSPS) is 12.0. The number of guanidine groups is 1. The average molecular weight is 290 g/mol. The van der Waals surface area contributed by atoms with Gasteiger partial charge in [0, 0.05) is 24.7 Å². The molecular formula is C16H26N4O. The van der Waals surface area contributed by atoms with Gasteiger partial charge in [0.2, 0.25) is 5.91 Å². The molecule has 0 saturated heterocycles. The molecule has 0 atom stereocenters. The first kappa shape index (κ1) is 17.0. The third kappa shape index (κ3) is 7.34. The Morgan fingerprint density at radius 2 is 2.00 bits per heavy atom. The van der Waals surface area contributed by atoms with Crippen molar-refractivity contribution < 1.29 is 4.79 Å². The van der Waals surface area contributed by atoms with Crippen molar-refractivity contribution in [3.05, 3.63) is 29.8 Å². The number of benzene rings is 1. The number of carbonyl (C=O) groups is 1. The molecule has 1 rings (SSSR count). The number of hydrogen-bond donors (Lipinski definition) is 3. The summed E-state index contributed by atoms with van der Waals surface area (Å²) in [5, 5.41) is 9.35. The van der Waals surface area contributed by atoms with Crippen LogP contribution >= 0.6 is 0 Å². The standard InChI is InChI=1S/C16H26N4O/c1-6-17-15(20-16(3,4)5)18-11-13-8-7-9-14(10-13)19-12(2)21/h7-10H,6,11H2,1-5H3,(H,19,21)(H2,17,18,20). The second kappa shape index (κ2) is 7.67. The fourth-order valence-electron chi connectivity index (χ4n) is 1.78.